The Kier molecular flexibility index (Phi) is 18.9. The quantitative estimate of drug-likeness (QED) is 0.218. The Morgan fingerprint density at radius 1 is 0.926 bits per heavy atom. The summed E-state index contributed by atoms with van der Waals surface area (Å²) in [5.74, 6) is -2.58. The van der Waals surface area contributed by atoms with Crippen LogP contribution in [0.25, 0.3) is 0 Å². The zero-order valence-corrected chi connectivity index (χ0v) is 35.2. The molecule has 16 heteroatoms. The van der Waals surface area contributed by atoms with Crippen molar-refractivity contribution >= 4 is 5.97 Å². The average Bonchev–Trinajstić information content (AvgIpc) is 3.05. The van der Waals surface area contributed by atoms with Crippen LogP contribution in [0.4, 0.5) is 0 Å². The van der Waals surface area contributed by atoms with Gasteiger partial charge in [-0.15, -0.1) is 0 Å². The lowest BCUT2D eigenvalue weighted by Gasteiger charge is -2.48. The first-order chi connectivity index (χ1) is 23.9. The van der Waals surface area contributed by atoms with Gasteiger partial charge < -0.3 is 74.7 Å². The molecule has 54 heavy (non-hydrogen) atoms. The second-order valence-corrected chi connectivity index (χ2v) is 17.2. The van der Waals surface area contributed by atoms with Crippen molar-refractivity contribution in [1.29, 1.82) is 0 Å². The lowest BCUT2D eigenvalue weighted by atomic mass is 9.77. The molecule has 3 saturated heterocycles. The molecule has 322 valence electrons. The zero-order chi connectivity index (χ0) is 39.7. The van der Waals surface area contributed by atoms with Crippen molar-refractivity contribution in [3.63, 3.8) is 0 Å². The van der Waals surface area contributed by atoms with E-state index in [0.717, 1.165) is 0 Å². The highest BCUT2D eigenvalue weighted by molar-refractivity contribution is 5.73. The van der Waals surface area contributed by atoms with E-state index in [2.05, 4.69) is 0 Å². The second-order valence-electron chi connectivity index (χ2n) is 17.2. The Labute approximate surface area is 323 Å². The van der Waals surface area contributed by atoms with E-state index >= 15 is 0 Å². The standard InChI is InChI=1S/C38H72N2O12.2H2O/c1-15-27-38(10,46)31(42)24(6)40(13)19-20(2)17-36(8,45)33(52-35-29(41)26(39(11)12)16-21(3)48-35)22(4)30(23(5)34(44)50-27)51-28-18-37(9,47-14)32(43)25(7)49-28;;/h20-33,35,41-43,45-46H,15-19H2,1-14H3;2*1H2/t20-,21-,22+,23-,24+,25+,26+,27+,28+,29-,30-,31-,32+,33-,35+,36-,37-,38-;;/m1../s1. The van der Waals surface area contributed by atoms with Gasteiger partial charge in [0.2, 0.25) is 0 Å². The highest BCUT2D eigenvalue weighted by Crippen LogP contribution is 2.40. The van der Waals surface area contributed by atoms with Crippen LogP contribution >= 0.6 is 0 Å². The van der Waals surface area contributed by atoms with Crippen LogP contribution in [0.15, 0.2) is 0 Å². The van der Waals surface area contributed by atoms with Crippen LogP contribution in [0, 0.1) is 17.8 Å². The summed E-state index contributed by atoms with van der Waals surface area (Å²) >= 11 is 0. The third-order valence-corrected chi connectivity index (χ3v) is 12.2. The van der Waals surface area contributed by atoms with Crippen molar-refractivity contribution in [3.05, 3.63) is 0 Å². The predicted octanol–water partition coefficient (Wildman–Crippen LogP) is 0.251. The van der Waals surface area contributed by atoms with Gasteiger partial charge in [0, 0.05) is 38.1 Å². The van der Waals surface area contributed by atoms with E-state index in [1.54, 1.807) is 41.5 Å². The highest BCUT2D eigenvalue weighted by Gasteiger charge is 2.52. The van der Waals surface area contributed by atoms with E-state index in [9.17, 15) is 30.3 Å². The van der Waals surface area contributed by atoms with Crippen LogP contribution in [-0.2, 0) is 33.2 Å². The van der Waals surface area contributed by atoms with Gasteiger partial charge in [-0.2, -0.15) is 0 Å². The van der Waals surface area contributed by atoms with Gasteiger partial charge in [0.25, 0.3) is 0 Å². The van der Waals surface area contributed by atoms with Crippen molar-refractivity contribution in [2.45, 2.75) is 185 Å². The molecule has 0 aromatic heterocycles. The van der Waals surface area contributed by atoms with E-state index in [-0.39, 0.29) is 48.3 Å². The van der Waals surface area contributed by atoms with E-state index in [1.165, 1.54) is 14.0 Å². The molecule has 3 fully saturated rings. The predicted molar refractivity (Wildman–Crippen MR) is 201 cm³/mol. The normalized spacial score (nSPS) is 47.8. The molecule has 0 spiro atoms. The number of rotatable bonds is 7. The molecule has 0 bridgehead atoms. The minimum atomic E-state index is -1.80. The third kappa shape index (κ3) is 11.3. The van der Waals surface area contributed by atoms with Crippen LogP contribution in [0.3, 0.4) is 0 Å². The van der Waals surface area contributed by atoms with Gasteiger partial charge in [0.15, 0.2) is 12.6 Å². The largest absolute Gasteiger partial charge is 0.459 e. The first kappa shape index (κ1) is 50.9. The number of likely N-dealkylation sites (N-methyl/N-ethyl adjacent to an activating group) is 2. The van der Waals surface area contributed by atoms with Crippen molar-refractivity contribution < 1.29 is 69.7 Å². The molecule has 16 nitrogen and oxygen atoms in total. The number of hydrogen-bond donors (Lipinski definition) is 5. The number of esters is 1. The molecule has 3 aliphatic heterocycles. The van der Waals surface area contributed by atoms with Gasteiger partial charge in [-0.25, -0.2) is 0 Å². The Hall–Kier alpha value is -1.09. The number of ether oxygens (including phenoxy) is 6. The van der Waals surface area contributed by atoms with Crippen LogP contribution in [0.2, 0.25) is 0 Å². The summed E-state index contributed by atoms with van der Waals surface area (Å²) in [7, 11) is 7.12. The fourth-order valence-corrected chi connectivity index (χ4v) is 8.74. The Morgan fingerprint density at radius 3 is 2.06 bits per heavy atom. The maximum absolute atomic E-state index is 14.2. The first-order valence-electron chi connectivity index (χ1n) is 19.1. The molecule has 0 radical (unpaired) electrons. The average molecular weight is 785 g/mol. The molecule has 0 aromatic carbocycles. The maximum atomic E-state index is 14.2. The lowest BCUT2D eigenvalue weighted by Crippen LogP contribution is -2.60. The SMILES string of the molecule is CC[C@@H]1OC(=O)[C@H](C)[C@H](O[C@H]2C[C@@](C)(OC)[C@@H](O)[C@H](C)O2)[C@H](C)[C@@H](O[C@@H]2O[C@H](C)C[C@H](N(C)C)[C@H]2O)[C@](C)(O)C[C@@H](C)CN(C)[C@@H](C)[C@@H](O)[C@]1(C)O.O.O. The summed E-state index contributed by atoms with van der Waals surface area (Å²) in [6, 6.07) is -0.808. The molecule has 3 aliphatic rings. The molecular weight excluding hydrogens is 708 g/mol. The van der Waals surface area contributed by atoms with Gasteiger partial charge in [0.05, 0.1) is 41.5 Å². The maximum Gasteiger partial charge on any atom is 0.311 e. The smallest absolute Gasteiger partial charge is 0.311 e. The Morgan fingerprint density at radius 2 is 1.52 bits per heavy atom. The summed E-state index contributed by atoms with van der Waals surface area (Å²) in [4.78, 5) is 18.0. The van der Waals surface area contributed by atoms with Crippen molar-refractivity contribution in [2.75, 3.05) is 34.8 Å². The van der Waals surface area contributed by atoms with Crippen LogP contribution in [0.5, 0.6) is 0 Å². The third-order valence-electron chi connectivity index (χ3n) is 12.2. The minimum Gasteiger partial charge on any atom is -0.459 e. The molecule has 18 atom stereocenters. The Bertz CT molecular complexity index is 1150. The van der Waals surface area contributed by atoms with Crippen LogP contribution in [-0.4, -0.2) is 177 Å². The summed E-state index contributed by atoms with van der Waals surface area (Å²) in [6.45, 7) is 18.0. The number of aliphatic hydroxyl groups is 5. The van der Waals surface area contributed by atoms with Crippen molar-refractivity contribution in [2.24, 2.45) is 17.8 Å². The lowest BCUT2D eigenvalue weighted by molar-refractivity contribution is -0.318. The molecule has 0 unspecified atom stereocenters. The molecule has 0 aliphatic carbocycles. The zero-order valence-electron chi connectivity index (χ0n) is 35.2. The fourth-order valence-electron chi connectivity index (χ4n) is 8.74. The van der Waals surface area contributed by atoms with E-state index in [0.29, 0.717) is 13.0 Å². The molecule has 0 saturated carbocycles. The second kappa shape index (κ2) is 20.1. The minimum absolute atomic E-state index is 0. The van der Waals surface area contributed by atoms with Gasteiger partial charge >= 0.3 is 5.97 Å². The summed E-state index contributed by atoms with van der Waals surface area (Å²) in [5.41, 5.74) is -4.37. The Balaban J connectivity index is 0.00000729. The highest BCUT2D eigenvalue weighted by atomic mass is 16.7. The van der Waals surface area contributed by atoms with E-state index < -0.39 is 96.0 Å². The number of nitrogens with zero attached hydrogens (tertiary/aromatic N) is 2. The number of methoxy groups -OCH3 is 1. The van der Waals surface area contributed by atoms with Crippen molar-refractivity contribution in [1.82, 2.24) is 9.80 Å². The van der Waals surface area contributed by atoms with Gasteiger partial charge in [-0.05, 0) is 94.8 Å². The fraction of sp³-hybridized carbons (Fsp3) is 0.974. The number of hydrogen-bond acceptors (Lipinski definition) is 14. The number of aliphatic hydroxyl groups excluding tert-OH is 3. The molecular formula is C38H76N2O14. The summed E-state index contributed by atoms with van der Waals surface area (Å²) < 4.78 is 37.5. The van der Waals surface area contributed by atoms with Crippen LogP contribution < -0.4 is 0 Å². The molecule has 9 N–H and O–H groups in total. The van der Waals surface area contributed by atoms with Gasteiger partial charge in [-0.1, -0.05) is 20.8 Å². The topological polar surface area (TPSA) is 243 Å². The number of cyclic esters (lactones) is 1. The molecule has 0 aromatic rings. The number of carbonyl (C=O) groups excluding carboxylic acids is 1. The van der Waals surface area contributed by atoms with Crippen LogP contribution in [0.1, 0.15) is 94.9 Å². The van der Waals surface area contributed by atoms with Gasteiger partial charge in [-0.3, -0.25) is 4.79 Å². The first-order valence-corrected chi connectivity index (χ1v) is 19.1. The molecule has 0 amide bonds. The van der Waals surface area contributed by atoms with Gasteiger partial charge in [0.1, 0.15) is 30.0 Å². The number of carbonyl (C=O) groups is 1. The summed E-state index contributed by atoms with van der Waals surface area (Å²) in [5, 5.41) is 58.1. The van der Waals surface area contributed by atoms with E-state index in [4.69, 9.17) is 28.4 Å². The summed E-state index contributed by atoms with van der Waals surface area (Å²) in [6.07, 6.45) is -8.19. The van der Waals surface area contributed by atoms with Crippen molar-refractivity contribution in [3.8, 4) is 0 Å². The molecule has 3 rings (SSSR count). The van der Waals surface area contributed by atoms with E-state index in [1.807, 2.05) is 51.7 Å². The monoisotopic (exact) mass is 785 g/mol. The molecule has 3 heterocycles.